The highest BCUT2D eigenvalue weighted by atomic mass is 32.2. The Morgan fingerprint density at radius 2 is 2.10 bits per heavy atom. The number of benzene rings is 1. The van der Waals surface area contributed by atoms with Crippen molar-refractivity contribution in [2.24, 2.45) is 5.92 Å². The number of halogens is 2. The summed E-state index contributed by atoms with van der Waals surface area (Å²) >= 11 is 0. The van der Waals surface area contributed by atoms with Crippen molar-refractivity contribution in [1.82, 2.24) is 10.0 Å². The van der Waals surface area contributed by atoms with E-state index in [9.17, 15) is 17.2 Å². The lowest BCUT2D eigenvalue weighted by Crippen LogP contribution is -2.42. The van der Waals surface area contributed by atoms with Crippen molar-refractivity contribution in [3.63, 3.8) is 0 Å². The zero-order valence-corrected chi connectivity index (χ0v) is 12.0. The molecule has 1 aromatic rings. The molecule has 112 valence electrons. The molecule has 1 fully saturated rings. The van der Waals surface area contributed by atoms with Crippen LogP contribution in [0.5, 0.6) is 0 Å². The maximum Gasteiger partial charge on any atom is 0.243 e. The van der Waals surface area contributed by atoms with Crippen molar-refractivity contribution in [2.45, 2.75) is 30.7 Å². The van der Waals surface area contributed by atoms with Crippen LogP contribution in [0.4, 0.5) is 8.78 Å². The van der Waals surface area contributed by atoms with Crippen LogP contribution in [0.1, 0.15) is 19.8 Å². The highest BCUT2D eigenvalue weighted by Gasteiger charge is 2.23. The number of nitrogens with one attached hydrogen (secondary N) is 2. The molecule has 1 saturated heterocycles. The van der Waals surface area contributed by atoms with E-state index in [1.165, 1.54) is 0 Å². The summed E-state index contributed by atoms with van der Waals surface area (Å²) in [6.07, 6.45) is 1.90. The SMILES string of the molecule is CC1CCC(CNS(=O)(=O)c2ccc(F)cc2F)CN1. The normalized spacial score (nSPS) is 23.8. The molecule has 0 radical (unpaired) electrons. The van der Waals surface area contributed by atoms with Gasteiger partial charge >= 0.3 is 0 Å². The number of hydrogen-bond donors (Lipinski definition) is 2. The monoisotopic (exact) mass is 304 g/mol. The molecule has 0 aliphatic carbocycles. The third-order valence-electron chi connectivity index (χ3n) is 3.51. The topological polar surface area (TPSA) is 58.2 Å². The zero-order valence-electron chi connectivity index (χ0n) is 11.2. The van der Waals surface area contributed by atoms with Crippen molar-refractivity contribution in [3.8, 4) is 0 Å². The number of hydrogen-bond acceptors (Lipinski definition) is 3. The van der Waals surface area contributed by atoms with Gasteiger partial charge in [-0.2, -0.15) is 0 Å². The number of rotatable bonds is 4. The van der Waals surface area contributed by atoms with Crippen LogP contribution < -0.4 is 10.0 Å². The van der Waals surface area contributed by atoms with Crippen LogP contribution >= 0.6 is 0 Å². The van der Waals surface area contributed by atoms with Gasteiger partial charge in [0.25, 0.3) is 0 Å². The van der Waals surface area contributed by atoms with Gasteiger partial charge < -0.3 is 5.32 Å². The fourth-order valence-electron chi connectivity index (χ4n) is 2.23. The average molecular weight is 304 g/mol. The minimum absolute atomic E-state index is 0.185. The molecule has 0 aromatic heterocycles. The van der Waals surface area contributed by atoms with E-state index in [1.807, 2.05) is 0 Å². The number of piperidine rings is 1. The van der Waals surface area contributed by atoms with Crippen LogP contribution in [-0.2, 0) is 10.0 Å². The molecule has 2 N–H and O–H groups in total. The van der Waals surface area contributed by atoms with Gasteiger partial charge in [-0.15, -0.1) is 0 Å². The Morgan fingerprint density at radius 1 is 1.35 bits per heavy atom. The van der Waals surface area contributed by atoms with Gasteiger partial charge in [-0.1, -0.05) is 0 Å². The third-order valence-corrected chi connectivity index (χ3v) is 4.97. The van der Waals surface area contributed by atoms with Crippen LogP contribution in [0, 0.1) is 17.6 Å². The largest absolute Gasteiger partial charge is 0.314 e. The first-order chi connectivity index (χ1) is 9.38. The minimum atomic E-state index is -3.94. The summed E-state index contributed by atoms with van der Waals surface area (Å²) in [5.74, 6) is -1.69. The predicted molar refractivity (Wildman–Crippen MR) is 71.7 cm³/mol. The van der Waals surface area contributed by atoms with Gasteiger partial charge in [0.1, 0.15) is 16.5 Å². The van der Waals surface area contributed by atoms with E-state index < -0.39 is 26.6 Å². The Kier molecular flexibility index (Phi) is 4.72. The van der Waals surface area contributed by atoms with Gasteiger partial charge in [0.15, 0.2) is 0 Å². The van der Waals surface area contributed by atoms with Crippen LogP contribution in [0.25, 0.3) is 0 Å². The van der Waals surface area contributed by atoms with Gasteiger partial charge in [0, 0.05) is 18.7 Å². The molecule has 2 rings (SSSR count). The fraction of sp³-hybridized carbons (Fsp3) is 0.538. The highest BCUT2D eigenvalue weighted by molar-refractivity contribution is 7.89. The fourth-order valence-corrected chi connectivity index (χ4v) is 3.40. The molecule has 2 atom stereocenters. The molecule has 2 unspecified atom stereocenters. The quantitative estimate of drug-likeness (QED) is 0.889. The molecule has 7 heteroatoms. The molecule has 1 heterocycles. The summed E-state index contributed by atoms with van der Waals surface area (Å²) in [6, 6.07) is 2.88. The molecular formula is C13H18F2N2O2S. The summed E-state index contributed by atoms with van der Waals surface area (Å²) in [5, 5.41) is 3.27. The summed E-state index contributed by atoms with van der Waals surface area (Å²) in [5.41, 5.74) is 0. The van der Waals surface area contributed by atoms with Gasteiger partial charge in [-0.3, -0.25) is 0 Å². The maximum atomic E-state index is 13.5. The van der Waals surface area contributed by atoms with Crippen LogP contribution in [-0.4, -0.2) is 27.5 Å². The molecule has 1 aromatic carbocycles. The second-order valence-corrected chi connectivity index (χ2v) is 6.91. The van der Waals surface area contributed by atoms with Crippen LogP contribution in [0.2, 0.25) is 0 Å². The van der Waals surface area contributed by atoms with Gasteiger partial charge in [0.05, 0.1) is 0 Å². The van der Waals surface area contributed by atoms with E-state index in [4.69, 9.17) is 0 Å². The lowest BCUT2D eigenvalue weighted by atomic mass is 9.96. The molecule has 20 heavy (non-hydrogen) atoms. The van der Waals surface area contributed by atoms with E-state index >= 15 is 0 Å². The van der Waals surface area contributed by atoms with Crippen molar-refractivity contribution in [3.05, 3.63) is 29.8 Å². The Hall–Kier alpha value is -1.05. The Bertz CT molecular complexity index is 570. The Morgan fingerprint density at radius 3 is 2.70 bits per heavy atom. The standard InChI is InChI=1S/C13H18F2N2O2S/c1-9-2-3-10(7-16-9)8-17-20(18,19)13-5-4-11(14)6-12(13)15/h4-6,9-10,16-17H,2-3,7-8H2,1H3. The first-order valence-corrected chi connectivity index (χ1v) is 8.05. The van der Waals surface area contributed by atoms with Crippen molar-refractivity contribution in [2.75, 3.05) is 13.1 Å². The molecule has 1 aliphatic heterocycles. The Balaban J connectivity index is 2.00. The average Bonchev–Trinajstić information content (AvgIpc) is 2.37. The zero-order chi connectivity index (χ0) is 14.8. The first kappa shape index (κ1) is 15.3. The summed E-state index contributed by atoms with van der Waals surface area (Å²) < 4.78 is 52.6. The van der Waals surface area contributed by atoms with Crippen molar-refractivity contribution in [1.29, 1.82) is 0 Å². The van der Waals surface area contributed by atoms with Crippen molar-refractivity contribution >= 4 is 10.0 Å². The molecule has 0 spiro atoms. The highest BCUT2D eigenvalue weighted by Crippen LogP contribution is 2.17. The van der Waals surface area contributed by atoms with E-state index in [-0.39, 0.29) is 12.5 Å². The van der Waals surface area contributed by atoms with E-state index in [0.29, 0.717) is 12.1 Å². The smallest absolute Gasteiger partial charge is 0.243 e. The third kappa shape index (κ3) is 3.74. The lowest BCUT2D eigenvalue weighted by molar-refractivity contribution is 0.323. The molecule has 0 saturated carbocycles. The van der Waals surface area contributed by atoms with Gasteiger partial charge in [0.2, 0.25) is 10.0 Å². The van der Waals surface area contributed by atoms with Gasteiger partial charge in [-0.25, -0.2) is 21.9 Å². The van der Waals surface area contributed by atoms with Crippen molar-refractivity contribution < 1.29 is 17.2 Å². The van der Waals surface area contributed by atoms with Gasteiger partial charge in [-0.05, 0) is 44.4 Å². The predicted octanol–water partition coefficient (Wildman–Crippen LogP) is 1.63. The number of sulfonamides is 1. The molecule has 0 bridgehead atoms. The van der Waals surface area contributed by atoms with E-state index in [0.717, 1.165) is 31.5 Å². The van der Waals surface area contributed by atoms with Crippen LogP contribution in [0.15, 0.2) is 23.1 Å². The lowest BCUT2D eigenvalue weighted by Gasteiger charge is -2.27. The summed E-state index contributed by atoms with van der Waals surface area (Å²) in [7, 11) is -3.94. The summed E-state index contributed by atoms with van der Waals surface area (Å²) in [6.45, 7) is 3.06. The Labute approximate surface area is 117 Å². The maximum absolute atomic E-state index is 13.5. The van der Waals surface area contributed by atoms with Crippen LogP contribution in [0.3, 0.4) is 0 Å². The second-order valence-electron chi connectivity index (χ2n) is 5.18. The first-order valence-electron chi connectivity index (χ1n) is 6.56. The molecule has 1 aliphatic rings. The second kappa shape index (κ2) is 6.15. The minimum Gasteiger partial charge on any atom is -0.314 e. The molecule has 4 nitrogen and oxygen atoms in total. The molecular weight excluding hydrogens is 286 g/mol. The summed E-state index contributed by atoms with van der Waals surface area (Å²) in [4.78, 5) is -0.518. The molecule has 0 amide bonds. The van der Waals surface area contributed by atoms with E-state index in [2.05, 4.69) is 17.0 Å². The van der Waals surface area contributed by atoms with E-state index in [1.54, 1.807) is 0 Å².